The van der Waals surface area contributed by atoms with Crippen molar-refractivity contribution in [1.82, 2.24) is 19.7 Å². The van der Waals surface area contributed by atoms with Crippen molar-refractivity contribution in [3.05, 3.63) is 57.6 Å². The molecule has 0 unspecified atom stereocenters. The van der Waals surface area contributed by atoms with E-state index in [-0.39, 0.29) is 24.0 Å². The van der Waals surface area contributed by atoms with Gasteiger partial charge in [0.15, 0.2) is 6.61 Å². The van der Waals surface area contributed by atoms with Crippen molar-refractivity contribution in [3.8, 4) is 17.4 Å². The van der Waals surface area contributed by atoms with E-state index in [0.29, 0.717) is 40.7 Å². The Morgan fingerprint density at radius 3 is 2.52 bits per heavy atom. The number of hydrogen-bond donors (Lipinski definition) is 2. The molecule has 29 heavy (non-hydrogen) atoms. The lowest BCUT2D eigenvalue weighted by molar-refractivity contribution is -0.118. The van der Waals surface area contributed by atoms with Crippen molar-refractivity contribution < 1.29 is 14.3 Å². The summed E-state index contributed by atoms with van der Waals surface area (Å²) in [7, 11) is 1.58. The first kappa shape index (κ1) is 20.1. The van der Waals surface area contributed by atoms with Gasteiger partial charge in [-0.3, -0.25) is 14.6 Å². The molecule has 0 radical (unpaired) electrons. The van der Waals surface area contributed by atoms with Gasteiger partial charge in [0, 0.05) is 17.3 Å². The van der Waals surface area contributed by atoms with Crippen LogP contribution in [0.25, 0.3) is 5.95 Å². The fourth-order valence-electron chi connectivity index (χ4n) is 2.86. The molecule has 1 amide bonds. The lowest BCUT2D eigenvalue weighted by Crippen LogP contribution is -2.24. The van der Waals surface area contributed by atoms with Crippen LogP contribution in [0.2, 0.25) is 0 Å². The van der Waals surface area contributed by atoms with E-state index in [1.54, 1.807) is 51.3 Å². The number of carbonyl (C=O) groups excluding carboxylic acids is 1. The van der Waals surface area contributed by atoms with Gasteiger partial charge in [-0.15, -0.1) is 0 Å². The Morgan fingerprint density at radius 1 is 1.21 bits per heavy atom. The normalized spacial score (nSPS) is 10.6. The number of nitrogens with one attached hydrogen (secondary N) is 2. The molecule has 1 aromatic carbocycles. The molecular weight excluding hydrogens is 374 g/mol. The van der Waals surface area contributed by atoms with Crippen LogP contribution in [0.3, 0.4) is 0 Å². The lowest BCUT2D eigenvalue weighted by Gasteiger charge is -2.10. The van der Waals surface area contributed by atoms with E-state index < -0.39 is 0 Å². The highest BCUT2D eigenvalue weighted by molar-refractivity contribution is 5.91. The van der Waals surface area contributed by atoms with Crippen molar-refractivity contribution in [2.75, 3.05) is 19.0 Å². The van der Waals surface area contributed by atoms with E-state index in [1.165, 1.54) is 4.68 Å². The number of benzene rings is 1. The molecule has 0 atom stereocenters. The molecule has 152 valence electrons. The van der Waals surface area contributed by atoms with E-state index in [9.17, 15) is 9.59 Å². The van der Waals surface area contributed by atoms with Crippen molar-refractivity contribution in [2.24, 2.45) is 0 Å². The van der Waals surface area contributed by atoms with E-state index in [0.717, 1.165) is 0 Å². The number of carbonyl (C=O) groups is 1. The molecule has 2 aromatic heterocycles. The Labute approximate surface area is 167 Å². The van der Waals surface area contributed by atoms with Gasteiger partial charge >= 0.3 is 0 Å². The van der Waals surface area contributed by atoms with Gasteiger partial charge in [-0.25, -0.2) is 4.98 Å². The number of amides is 1. The maximum atomic E-state index is 12.3. The van der Waals surface area contributed by atoms with Crippen LogP contribution in [-0.2, 0) is 11.2 Å². The zero-order chi connectivity index (χ0) is 21.0. The molecule has 0 aliphatic heterocycles. The Morgan fingerprint density at radius 2 is 1.90 bits per heavy atom. The maximum absolute atomic E-state index is 12.3. The summed E-state index contributed by atoms with van der Waals surface area (Å²) in [5.41, 5.74) is 1.69. The number of nitrogens with zero attached hydrogens (tertiary/aromatic N) is 3. The highest BCUT2D eigenvalue weighted by Crippen LogP contribution is 2.18. The molecule has 0 aliphatic rings. The molecule has 9 heteroatoms. The molecular formula is C20H23N5O4. The molecule has 9 nitrogen and oxygen atoms in total. The van der Waals surface area contributed by atoms with Crippen LogP contribution in [0.1, 0.15) is 23.9 Å². The SMILES string of the molecule is CCc1c(C)nc(-n2nc(C)cc2NC(=O)COc2ccc(OC)cc2)[nH]c1=O. The van der Waals surface area contributed by atoms with Crippen LogP contribution in [0.4, 0.5) is 5.82 Å². The third-order valence-electron chi connectivity index (χ3n) is 4.29. The smallest absolute Gasteiger partial charge is 0.263 e. The largest absolute Gasteiger partial charge is 0.497 e. The van der Waals surface area contributed by atoms with E-state index in [1.807, 2.05) is 6.92 Å². The third-order valence-corrected chi connectivity index (χ3v) is 4.29. The van der Waals surface area contributed by atoms with Gasteiger partial charge in [0.1, 0.15) is 17.3 Å². The van der Waals surface area contributed by atoms with Crippen molar-refractivity contribution in [1.29, 1.82) is 0 Å². The summed E-state index contributed by atoms with van der Waals surface area (Å²) in [6, 6.07) is 8.61. The molecule has 0 fully saturated rings. The maximum Gasteiger partial charge on any atom is 0.263 e. The zero-order valence-corrected chi connectivity index (χ0v) is 16.8. The first-order valence-electron chi connectivity index (χ1n) is 9.14. The predicted molar refractivity (Wildman–Crippen MR) is 108 cm³/mol. The number of methoxy groups -OCH3 is 1. The van der Waals surface area contributed by atoms with Crippen molar-refractivity contribution >= 4 is 11.7 Å². The van der Waals surface area contributed by atoms with E-state index in [2.05, 4.69) is 20.4 Å². The van der Waals surface area contributed by atoms with Gasteiger partial charge < -0.3 is 14.8 Å². The van der Waals surface area contributed by atoms with Gasteiger partial charge in [-0.05, 0) is 44.5 Å². The highest BCUT2D eigenvalue weighted by atomic mass is 16.5. The Balaban J connectivity index is 1.75. The minimum Gasteiger partial charge on any atom is -0.497 e. The molecule has 0 saturated carbocycles. The fourth-order valence-corrected chi connectivity index (χ4v) is 2.86. The molecule has 2 N–H and O–H groups in total. The molecule has 0 spiro atoms. The highest BCUT2D eigenvalue weighted by Gasteiger charge is 2.15. The second-order valence-electron chi connectivity index (χ2n) is 6.40. The summed E-state index contributed by atoms with van der Waals surface area (Å²) in [5, 5.41) is 7.06. The second kappa shape index (κ2) is 8.59. The number of aryl methyl sites for hydroxylation is 2. The summed E-state index contributed by atoms with van der Waals surface area (Å²) in [5.74, 6) is 1.50. The van der Waals surface area contributed by atoms with Crippen LogP contribution in [0.5, 0.6) is 11.5 Å². The summed E-state index contributed by atoms with van der Waals surface area (Å²) >= 11 is 0. The van der Waals surface area contributed by atoms with Crippen LogP contribution < -0.4 is 20.3 Å². The molecule has 0 saturated heterocycles. The topological polar surface area (TPSA) is 111 Å². The Bertz CT molecular complexity index is 1070. The van der Waals surface area contributed by atoms with Crippen molar-refractivity contribution in [3.63, 3.8) is 0 Å². The van der Waals surface area contributed by atoms with Crippen LogP contribution in [-0.4, -0.2) is 39.4 Å². The Kier molecular flexibility index (Phi) is 5.96. The Hall–Kier alpha value is -3.62. The van der Waals surface area contributed by atoms with Gasteiger partial charge in [-0.1, -0.05) is 6.92 Å². The van der Waals surface area contributed by atoms with Crippen LogP contribution in [0, 0.1) is 13.8 Å². The van der Waals surface area contributed by atoms with Gasteiger partial charge in [-0.2, -0.15) is 9.78 Å². The number of aromatic amines is 1. The quantitative estimate of drug-likeness (QED) is 0.632. The molecule has 3 rings (SSSR count). The average molecular weight is 397 g/mol. The third kappa shape index (κ3) is 4.63. The summed E-state index contributed by atoms with van der Waals surface area (Å²) in [6.45, 7) is 5.26. The number of rotatable bonds is 7. The van der Waals surface area contributed by atoms with Gasteiger partial charge in [0.25, 0.3) is 11.5 Å². The number of anilines is 1. The van der Waals surface area contributed by atoms with Crippen LogP contribution >= 0.6 is 0 Å². The zero-order valence-electron chi connectivity index (χ0n) is 16.8. The first-order valence-corrected chi connectivity index (χ1v) is 9.14. The van der Waals surface area contributed by atoms with Crippen LogP contribution in [0.15, 0.2) is 35.1 Å². The van der Waals surface area contributed by atoms with Gasteiger partial charge in [0.2, 0.25) is 5.95 Å². The first-order chi connectivity index (χ1) is 13.9. The molecule has 3 aromatic rings. The number of aromatic nitrogens is 4. The molecule has 2 heterocycles. The summed E-state index contributed by atoms with van der Waals surface area (Å²) in [6.07, 6.45) is 0.582. The summed E-state index contributed by atoms with van der Waals surface area (Å²) < 4.78 is 12.0. The number of H-pyrrole nitrogens is 1. The minimum absolute atomic E-state index is 0.186. The standard InChI is InChI=1S/C20H23N5O4/c1-5-16-13(3)21-20(23-19(16)27)25-17(10-12(2)24-25)22-18(26)11-29-15-8-6-14(28-4)7-9-15/h6-10H,5,11H2,1-4H3,(H,22,26)(H,21,23,27). The average Bonchev–Trinajstić information content (AvgIpc) is 3.06. The number of ether oxygens (including phenoxy) is 2. The van der Waals surface area contributed by atoms with Crippen molar-refractivity contribution in [2.45, 2.75) is 27.2 Å². The minimum atomic E-state index is -0.369. The predicted octanol–water partition coefficient (Wildman–Crippen LogP) is 2.16. The van der Waals surface area contributed by atoms with Gasteiger partial charge in [0.05, 0.1) is 12.8 Å². The lowest BCUT2D eigenvalue weighted by atomic mass is 10.2. The monoisotopic (exact) mass is 397 g/mol. The second-order valence-corrected chi connectivity index (χ2v) is 6.40. The number of hydrogen-bond acceptors (Lipinski definition) is 6. The summed E-state index contributed by atoms with van der Waals surface area (Å²) in [4.78, 5) is 31.7. The molecule has 0 aliphatic carbocycles. The van der Waals surface area contributed by atoms with E-state index >= 15 is 0 Å². The fraction of sp³-hybridized carbons (Fsp3) is 0.300. The van der Waals surface area contributed by atoms with E-state index in [4.69, 9.17) is 9.47 Å². The molecule has 0 bridgehead atoms.